The van der Waals surface area contributed by atoms with E-state index in [9.17, 15) is 14.4 Å². The standard InChI is InChI=1S/C20H27N5O4/c1-3-24-9-11-25(12-10-24)20-22-16(13-17(26)23-20)18(27)21-15-7-5-14(6-8-15)19(28)29-4-2/h5-8,16H,3-4,9-13H2,1-2H3,(H,21,27)(H,22,23,26)/t16-/m1/s1. The number of rotatable bonds is 5. The van der Waals surface area contributed by atoms with E-state index in [2.05, 4.69) is 27.4 Å². The van der Waals surface area contributed by atoms with Gasteiger partial charge in [-0.25, -0.2) is 9.79 Å². The number of nitrogens with one attached hydrogen (secondary N) is 2. The van der Waals surface area contributed by atoms with Gasteiger partial charge in [-0.05, 0) is 37.7 Å². The van der Waals surface area contributed by atoms with Gasteiger partial charge >= 0.3 is 5.97 Å². The molecule has 0 unspecified atom stereocenters. The first-order valence-corrected chi connectivity index (χ1v) is 9.93. The molecular formula is C20H27N5O4. The van der Waals surface area contributed by atoms with Gasteiger partial charge in [0.05, 0.1) is 18.6 Å². The maximum atomic E-state index is 12.6. The number of esters is 1. The van der Waals surface area contributed by atoms with Gasteiger partial charge in [-0.2, -0.15) is 0 Å². The second-order valence-electron chi connectivity index (χ2n) is 6.93. The number of hydrogen-bond donors (Lipinski definition) is 2. The molecule has 1 atom stereocenters. The maximum absolute atomic E-state index is 12.6. The number of piperazine rings is 1. The highest BCUT2D eigenvalue weighted by atomic mass is 16.5. The third-order valence-electron chi connectivity index (χ3n) is 4.99. The van der Waals surface area contributed by atoms with Gasteiger partial charge in [0.1, 0.15) is 6.04 Å². The quantitative estimate of drug-likeness (QED) is 0.704. The van der Waals surface area contributed by atoms with Crippen LogP contribution in [-0.4, -0.2) is 78.9 Å². The van der Waals surface area contributed by atoms with Crippen LogP contribution in [0.2, 0.25) is 0 Å². The number of benzene rings is 1. The van der Waals surface area contributed by atoms with Crippen molar-refractivity contribution >= 4 is 29.4 Å². The molecule has 0 radical (unpaired) electrons. The van der Waals surface area contributed by atoms with Crippen LogP contribution in [0.4, 0.5) is 5.69 Å². The van der Waals surface area contributed by atoms with Crippen molar-refractivity contribution in [2.24, 2.45) is 4.99 Å². The number of amides is 2. The molecule has 0 bridgehead atoms. The predicted octanol–water partition coefficient (Wildman–Crippen LogP) is 0.684. The fourth-order valence-electron chi connectivity index (χ4n) is 3.29. The van der Waals surface area contributed by atoms with Gasteiger partial charge in [-0.15, -0.1) is 0 Å². The normalized spacial score (nSPS) is 19.9. The fraction of sp³-hybridized carbons (Fsp3) is 0.500. The minimum absolute atomic E-state index is 0.00513. The van der Waals surface area contributed by atoms with E-state index in [1.54, 1.807) is 31.2 Å². The molecule has 2 N–H and O–H groups in total. The number of carbonyl (C=O) groups is 3. The second-order valence-corrected chi connectivity index (χ2v) is 6.93. The molecule has 2 aliphatic heterocycles. The lowest BCUT2D eigenvalue weighted by Crippen LogP contribution is -2.56. The SMILES string of the molecule is CCOC(=O)c1ccc(NC(=O)[C@H]2CC(=O)NC(N3CCN(CC)CC3)=N2)cc1. The summed E-state index contributed by atoms with van der Waals surface area (Å²) in [5.41, 5.74) is 0.941. The summed E-state index contributed by atoms with van der Waals surface area (Å²) in [5.74, 6) is -0.513. The molecule has 9 heteroatoms. The first kappa shape index (κ1) is 20.8. The highest BCUT2D eigenvalue weighted by molar-refractivity contribution is 6.06. The molecule has 2 heterocycles. The number of likely N-dealkylation sites (N-methyl/N-ethyl adjacent to an activating group) is 1. The molecule has 2 amide bonds. The highest BCUT2D eigenvalue weighted by Crippen LogP contribution is 2.14. The molecule has 2 aliphatic rings. The van der Waals surface area contributed by atoms with Crippen LogP contribution in [0.25, 0.3) is 0 Å². The first-order chi connectivity index (χ1) is 14.0. The molecule has 156 valence electrons. The van der Waals surface area contributed by atoms with Crippen LogP contribution >= 0.6 is 0 Å². The van der Waals surface area contributed by atoms with E-state index in [0.29, 0.717) is 23.8 Å². The van der Waals surface area contributed by atoms with Crippen LogP contribution in [0.3, 0.4) is 0 Å². The molecule has 1 fully saturated rings. The lowest BCUT2D eigenvalue weighted by atomic mass is 10.1. The van der Waals surface area contributed by atoms with E-state index in [1.807, 2.05) is 4.90 Å². The zero-order chi connectivity index (χ0) is 20.8. The monoisotopic (exact) mass is 401 g/mol. The van der Waals surface area contributed by atoms with Crippen LogP contribution in [0.1, 0.15) is 30.6 Å². The Morgan fingerprint density at radius 2 is 1.86 bits per heavy atom. The Morgan fingerprint density at radius 3 is 2.48 bits per heavy atom. The fourth-order valence-corrected chi connectivity index (χ4v) is 3.29. The molecule has 0 saturated carbocycles. The summed E-state index contributed by atoms with van der Waals surface area (Å²) in [6.45, 7) is 8.47. The van der Waals surface area contributed by atoms with Crippen molar-refractivity contribution in [2.75, 3.05) is 44.6 Å². The van der Waals surface area contributed by atoms with E-state index < -0.39 is 12.0 Å². The molecule has 1 aromatic rings. The molecule has 29 heavy (non-hydrogen) atoms. The Kier molecular flexibility index (Phi) is 6.82. The lowest BCUT2D eigenvalue weighted by molar-refractivity contribution is -0.125. The van der Waals surface area contributed by atoms with Gasteiger partial charge < -0.3 is 19.9 Å². The molecule has 1 saturated heterocycles. The summed E-state index contributed by atoms with van der Waals surface area (Å²) in [7, 11) is 0. The summed E-state index contributed by atoms with van der Waals surface area (Å²) in [5, 5.41) is 5.55. The zero-order valence-electron chi connectivity index (χ0n) is 16.8. The topological polar surface area (TPSA) is 103 Å². The van der Waals surface area contributed by atoms with Crippen LogP contribution in [0, 0.1) is 0 Å². The minimum atomic E-state index is -0.785. The smallest absolute Gasteiger partial charge is 0.338 e. The van der Waals surface area contributed by atoms with Gasteiger partial charge in [0.25, 0.3) is 0 Å². The Hall–Kier alpha value is -2.94. The van der Waals surface area contributed by atoms with Crippen molar-refractivity contribution in [3.8, 4) is 0 Å². The zero-order valence-corrected chi connectivity index (χ0v) is 16.8. The molecule has 3 rings (SSSR count). The number of hydrogen-bond acceptors (Lipinski definition) is 7. The summed E-state index contributed by atoms with van der Waals surface area (Å²) in [4.78, 5) is 45.3. The summed E-state index contributed by atoms with van der Waals surface area (Å²) < 4.78 is 4.94. The number of carbonyl (C=O) groups excluding carboxylic acids is 3. The van der Waals surface area contributed by atoms with Gasteiger partial charge in [0, 0.05) is 31.9 Å². The van der Waals surface area contributed by atoms with E-state index >= 15 is 0 Å². The summed E-state index contributed by atoms with van der Waals surface area (Å²) >= 11 is 0. The lowest BCUT2D eigenvalue weighted by Gasteiger charge is -2.37. The molecule has 0 spiro atoms. The average Bonchev–Trinajstić information content (AvgIpc) is 2.74. The van der Waals surface area contributed by atoms with E-state index in [1.165, 1.54) is 0 Å². The van der Waals surface area contributed by atoms with Crippen molar-refractivity contribution in [2.45, 2.75) is 26.3 Å². The van der Waals surface area contributed by atoms with Crippen molar-refractivity contribution in [1.82, 2.24) is 15.1 Å². The van der Waals surface area contributed by atoms with Gasteiger partial charge in [0.15, 0.2) is 0 Å². The number of aliphatic imine (C=N–C) groups is 1. The Labute approximate surface area is 170 Å². The van der Waals surface area contributed by atoms with Gasteiger partial charge in [-0.1, -0.05) is 6.92 Å². The number of anilines is 1. The molecule has 9 nitrogen and oxygen atoms in total. The third-order valence-corrected chi connectivity index (χ3v) is 4.99. The van der Waals surface area contributed by atoms with Gasteiger partial charge in [0.2, 0.25) is 17.8 Å². The maximum Gasteiger partial charge on any atom is 0.338 e. The predicted molar refractivity (Wildman–Crippen MR) is 109 cm³/mol. The van der Waals surface area contributed by atoms with Crippen molar-refractivity contribution in [1.29, 1.82) is 0 Å². The number of nitrogens with zero attached hydrogens (tertiary/aromatic N) is 3. The largest absolute Gasteiger partial charge is 0.462 e. The van der Waals surface area contributed by atoms with Crippen LogP contribution < -0.4 is 10.6 Å². The van der Waals surface area contributed by atoms with Crippen molar-refractivity contribution in [3.63, 3.8) is 0 Å². The molecule has 0 aromatic heterocycles. The molecule has 1 aromatic carbocycles. The van der Waals surface area contributed by atoms with Gasteiger partial charge in [-0.3, -0.25) is 14.9 Å². The highest BCUT2D eigenvalue weighted by Gasteiger charge is 2.30. The minimum Gasteiger partial charge on any atom is -0.462 e. The summed E-state index contributed by atoms with van der Waals surface area (Å²) in [6, 6.07) is 5.64. The third kappa shape index (κ3) is 5.32. The Balaban J connectivity index is 1.63. The second kappa shape index (κ2) is 9.51. The molecular weight excluding hydrogens is 374 g/mol. The van der Waals surface area contributed by atoms with E-state index in [4.69, 9.17) is 4.74 Å². The summed E-state index contributed by atoms with van der Waals surface area (Å²) in [6.07, 6.45) is 0.00513. The van der Waals surface area contributed by atoms with Crippen LogP contribution in [-0.2, 0) is 14.3 Å². The van der Waals surface area contributed by atoms with Crippen molar-refractivity contribution < 1.29 is 19.1 Å². The Morgan fingerprint density at radius 1 is 1.17 bits per heavy atom. The van der Waals surface area contributed by atoms with E-state index in [-0.39, 0.29) is 18.2 Å². The average molecular weight is 401 g/mol. The van der Waals surface area contributed by atoms with Crippen LogP contribution in [0.5, 0.6) is 0 Å². The Bertz CT molecular complexity index is 785. The molecule has 0 aliphatic carbocycles. The number of ether oxygens (including phenoxy) is 1. The van der Waals surface area contributed by atoms with Crippen molar-refractivity contribution in [3.05, 3.63) is 29.8 Å². The van der Waals surface area contributed by atoms with Crippen LogP contribution in [0.15, 0.2) is 29.3 Å². The van der Waals surface area contributed by atoms with E-state index in [0.717, 1.165) is 32.7 Å². The first-order valence-electron chi connectivity index (χ1n) is 9.93. The number of guanidine groups is 1.